The minimum Gasteiger partial charge on any atom is -0.353 e. The summed E-state index contributed by atoms with van der Waals surface area (Å²) >= 11 is 0. The molecule has 2 aliphatic heterocycles. The van der Waals surface area contributed by atoms with Crippen LogP contribution in [-0.4, -0.2) is 63.8 Å². The Morgan fingerprint density at radius 2 is 1.89 bits per heavy atom. The molecule has 4 atom stereocenters. The molecule has 7 nitrogen and oxygen atoms in total. The van der Waals surface area contributed by atoms with Gasteiger partial charge in [-0.1, -0.05) is 26.8 Å². The van der Waals surface area contributed by atoms with Gasteiger partial charge in [0.15, 0.2) is 5.79 Å². The fourth-order valence-electron chi connectivity index (χ4n) is 6.05. The summed E-state index contributed by atoms with van der Waals surface area (Å²) in [6.07, 6.45) is 3.89. The summed E-state index contributed by atoms with van der Waals surface area (Å²) in [5.41, 5.74) is 9.93. The first-order chi connectivity index (χ1) is 16.4. The van der Waals surface area contributed by atoms with Crippen molar-refractivity contribution in [2.45, 2.75) is 122 Å². The lowest BCUT2D eigenvalue weighted by molar-refractivity contribution is -0.189. The summed E-state index contributed by atoms with van der Waals surface area (Å²) in [5.74, 6) is 1.25. The van der Waals surface area contributed by atoms with Gasteiger partial charge in [-0.2, -0.15) is 0 Å². The number of benzene rings is 1. The van der Waals surface area contributed by atoms with E-state index in [4.69, 9.17) is 24.9 Å². The maximum atomic E-state index is 6.23. The van der Waals surface area contributed by atoms with Gasteiger partial charge in [0, 0.05) is 25.0 Å². The van der Waals surface area contributed by atoms with Crippen molar-refractivity contribution in [2.24, 2.45) is 11.7 Å². The summed E-state index contributed by atoms with van der Waals surface area (Å²) in [5, 5.41) is 0. The Kier molecular flexibility index (Phi) is 6.54. The largest absolute Gasteiger partial charge is 0.353 e. The van der Waals surface area contributed by atoms with E-state index in [2.05, 4.69) is 62.7 Å². The third-order valence-electron chi connectivity index (χ3n) is 8.11. The van der Waals surface area contributed by atoms with E-state index >= 15 is 0 Å². The normalized spacial score (nSPS) is 32.5. The molecular formula is C28H44N4O3. The van der Waals surface area contributed by atoms with E-state index in [1.54, 1.807) is 0 Å². The molecule has 7 heteroatoms. The standard InChI is InChI=1S/C28H44N4O3/c1-16(2)32(15-22-24-25(26(29)33-22)35-28(6,7)34-24)19-12-17(13-19)8-11-23-30-20-10-9-18(27(3,4)5)14-21(20)31-23/h9-10,14,16-17,19,22,24-26H,8,11-13,15,29H2,1-7H3,(H,30,31)/t17?,19?,22?,24-,25-,26-/m1/s1. The van der Waals surface area contributed by atoms with Crippen LogP contribution in [0, 0.1) is 5.92 Å². The number of H-pyrrole nitrogens is 1. The van der Waals surface area contributed by atoms with Crippen molar-refractivity contribution in [1.29, 1.82) is 0 Å². The predicted octanol–water partition coefficient (Wildman–Crippen LogP) is 4.49. The van der Waals surface area contributed by atoms with Crippen LogP contribution in [0.15, 0.2) is 18.2 Å². The Morgan fingerprint density at radius 3 is 2.57 bits per heavy atom. The van der Waals surface area contributed by atoms with Crippen LogP contribution in [0.5, 0.6) is 0 Å². The molecular weight excluding hydrogens is 440 g/mol. The predicted molar refractivity (Wildman–Crippen MR) is 138 cm³/mol. The molecule has 0 spiro atoms. The van der Waals surface area contributed by atoms with Gasteiger partial charge in [0.05, 0.1) is 11.0 Å². The monoisotopic (exact) mass is 484 g/mol. The van der Waals surface area contributed by atoms with E-state index < -0.39 is 12.0 Å². The minimum atomic E-state index is -0.593. The molecule has 0 amide bonds. The molecule has 1 unspecified atom stereocenters. The van der Waals surface area contributed by atoms with Crippen LogP contribution in [0.4, 0.5) is 0 Å². The third kappa shape index (κ3) is 5.16. The van der Waals surface area contributed by atoms with E-state index in [1.807, 2.05) is 13.8 Å². The van der Waals surface area contributed by atoms with Crippen LogP contribution in [0.2, 0.25) is 0 Å². The van der Waals surface area contributed by atoms with Crippen molar-refractivity contribution in [3.8, 4) is 0 Å². The number of imidazole rings is 1. The second kappa shape index (κ2) is 9.10. The van der Waals surface area contributed by atoms with Crippen LogP contribution in [-0.2, 0) is 26.0 Å². The Balaban J connectivity index is 1.14. The number of aryl methyl sites for hydroxylation is 1. The Bertz CT molecular complexity index is 1040. The summed E-state index contributed by atoms with van der Waals surface area (Å²) < 4.78 is 18.2. The smallest absolute Gasteiger partial charge is 0.164 e. The highest BCUT2D eigenvalue weighted by Crippen LogP contribution is 2.40. The van der Waals surface area contributed by atoms with Crippen molar-refractivity contribution >= 4 is 11.0 Å². The number of ether oxygens (including phenoxy) is 3. The summed E-state index contributed by atoms with van der Waals surface area (Å²) in [4.78, 5) is 11.0. The number of nitrogens with one attached hydrogen (secondary N) is 1. The zero-order valence-electron chi connectivity index (χ0n) is 22.5. The zero-order chi connectivity index (χ0) is 25.1. The first-order valence-electron chi connectivity index (χ1n) is 13.4. The quantitative estimate of drug-likeness (QED) is 0.602. The maximum Gasteiger partial charge on any atom is 0.164 e. The zero-order valence-corrected chi connectivity index (χ0v) is 22.5. The van der Waals surface area contributed by atoms with Gasteiger partial charge in [-0.3, -0.25) is 4.90 Å². The van der Waals surface area contributed by atoms with E-state index in [0.29, 0.717) is 12.1 Å². The second-order valence-corrected chi connectivity index (χ2v) is 12.7. The average molecular weight is 485 g/mol. The van der Waals surface area contributed by atoms with Gasteiger partial charge in [-0.05, 0) is 76.0 Å². The Labute approximate surface area is 210 Å². The van der Waals surface area contributed by atoms with E-state index in [-0.39, 0.29) is 23.7 Å². The van der Waals surface area contributed by atoms with Crippen molar-refractivity contribution in [3.05, 3.63) is 29.6 Å². The SMILES string of the molecule is CC(C)N(CC1O[C@@H](N)[C@@H]2OC(C)(C)O[C@H]12)C1CC(CCc2nc3ccc(C(C)(C)C)cc3[nH]2)C1. The molecule has 194 valence electrons. The number of hydrogen-bond acceptors (Lipinski definition) is 6. The Hall–Kier alpha value is -1.51. The van der Waals surface area contributed by atoms with Crippen molar-refractivity contribution in [3.63, 3.8) is 0 Å². The van der Waals surface area contributed by atoms with Crippen molar-refractivity contribution < 1.29 is 14.2 Å². The summed E-state index contributed by atoms with van der Waals surface area (Å²) in [6, 6.07) is 7.64. The molecule has 35 heavy (non-hydrogen) atoms. The highest BCUT2D eigenvalue weighted by atomic mass is 16.8. The molecule has 3 heterocycles. The number of nitrogens with zero attached hydrogens (tertiary/aromatic N) is 2. The van der Waals surface area contributed by atoms with Crippen LogP contribution < -0.4 is 5.73 Å². The number of fused-ring (bicyclic) bond motifs is 2. The molecule has 3 N–H and O–H groups in total. The van der Waals surface area contributed by atoms with E-state index in [1.165, 1.54) is 24.8 Å². The number of rotatable bonds is 7. The van der Waals surface area contributed by atoms with Gasteiger partial charge >= 0.3 is 0 Å². The molecule has 5 rings (SSSR count). The number of hydrogen-bond donors (Lipinski definition) is 2. The van der Waals surface area contributed by atoms with Gasteiger partial charge in [-0.25, -0.2) is 4.98 Å². The molecule has 1 aromatic heterocycles. The average Bonchev–Trinajstić information content (AvgIpc) is 3.36. The van der Waals surface area contributed by atoms with E-state index in [9.17, 15) is 0 Å². The maximum absolute atomic E-state index is 6.23. The van der Waals surface area contributed by atoms with Crippen LogP contribution in [0.3, 0.4) is 0 Å². The van der Waals surface area contributed by atoms with Crippen molar-refractivity contribution in [2.75, 3.05) is 6.54 Å². The lowest BCUT2D eigenvalue weighted by atomic mass is 9.76. The summed E-state index contributed by atoms with van der Waals surface area (Å²) in [7, 11) is 0. The summed E-state index contributed by atoms with van der Waals surface area (Å²) in [6.45, 7) is 16.0. The molecule has 1 aliphatic carbocycles. The third-order valence-corrected chi connectivity index (χ3v) is 8.11. The fourth-order valence-corrected chi connectivity index (χ4v) is 6.05. The highest BCUT2D eigenvalue weighted by Gasteiger charge is 2.54. The molecule has 0 radical (unpaired) electrons. The number of aromatic nitrogens is 2. The topological polar surface area (TPSA) is 85.6 Å². The first kappa shape index (κ1) is 25.2. The number of nitrogens with two attached hydrogens (primary N) is 1. The van der Waals surface area contributed by atoms with Gasteiger partial charge in [0.1, 0.15) is 30.4 Å². The van der Waals surface area contributed by atoms with Gasteiger partial charge in [0.2, 0.25) is 0 Å². The van der Waals surface area contributed by atoms with Gasteiger partial charge in [-0.15, -0.1) is 0 Å². The molecule has 3 fully saturated rings. The van der Waals surface area contributed by atoms with Gasteiger partial charge < -0.3 is 24.9 Å². The molecule has 2 aromatic rings. The first-order valence-corrected chi connectivity index (χ1v) is 13.4. The lowest BCUT2D eigenvalue weighted by Crippen LogP contribution is -2.52. The molecule has 3 aliphatic rings. The van der Waals surface area contributed by atoms with E-state index in [0.717, 1.165) is 35.7 Å². The molecule has 1 aromatic carbocycles. The van der Waals surface area contributed by atoms with Crippen LogP contribution in [0.1, 0.15) is 79.1 Å². The molecule has 2 saturated heterocycles. The van der Waals surface area contributed by atoms with Crippen LogP contribution in [0.25, 0.3) is 11.0 Å². The van der Waals surface area contributed by atoms with Crippen LogP contribution >= 0.6 is 0 Å². The minimum absolute atomic E-state index is 0.0493. The molecule has 0 bridgehead atoms. The lowest BCUT2D eigenvalue weighted by Gasteiger charge is -2.46. The fraction of sp³-hybridized carbons (Fsp3) is 0.750. The number of aromatic amines is 1. The van der Waals surface area contributed by atoms with Crippen molar-refractivity contribution in [1.82, 2.24) is 14.9 Å². The molecule has 1 saturated carbocycles. The second-order valence-electron chi connectivity index (χ2n) is 12.7. The highest BCUT2D eigenvalue weighted by molar-refractivity contribution is 5.76. The van der Waals surface area contributed by atoms with Gasteiger partial charge in [0.25, 0.3) is 0 Å². The Morgan fingerprint density at radius 1 is 1.17 bits per heavy atom.